The first-order valence-electron chi connectivity index (χ1n) is 5.27. The molecule has 1 unspecified atom stereocenters. The number of ether oxygens (including phenoxy) is 1. The third-order valence-electron chi connectivity index (χ3n) is 2.57. The van der Waals surface area contributed by atoms with Gasteiger partial charge in [-0.25, -0.2) is 0 Å². The first-order chi connectivity index (χ1) is 7.08. The molecule has 0 spiro atoms. The Labute approximate surface area is 95.6 Å². The Kier molecular flexibility index (Phi) is 2.89. The molecule has 15 heavy (non-hydrogen) atoms. The lowest BCUT2D eigenvalue weighted by atomic mass is 10.1. The lowest BCUT2D eigenvalue weighted by Gasteiger charge is -2.14. The fourth-order valence-electron chi connectivity index (χ4n) is 2.01. The van der Waals surface area contributed by atoms with Crippen LogP contribution in [0.2, 0.25) is 5.02 Å². The maximum absolute atomic E-state index is 6.05. The van der Waals surface area contributed by atoms with E-state index in [0.29, 0.717) is 12.6 Å². The molecule has 0 aromatic heterocycles. The number of fused-ring (bicyclic) bond motifs is 1. The van der Waals surface area contributed by atoms with Crippen LogP contribution in [0.3, 0.4) is 0 Å². The van der Waals surface area contributed by atoms with Crippen molar-refractivity contribution >= 4 is 11.6 Å². The predicted octanol–water partition coefficient (Wildman–Crippen LogP) is 3.08. The molecule has 3 heteroatoms. The van der Waals surface area contributed by atoms with Gasteiger partial charge in [-0.1, -0.05) is 25.4 Å². The lowest BCUT2D eigenvalue weighted by molar-refractivity contribution is 0.302. The minimum absolute atomic E-state index is 0.275. The van der Waals surface area contributed by atoms with Gasteiger partial charge in [0, 0.05) is 16.6 Å². The number of hydrogen-bond donors (Lipinski definition) is 1. The third kappa shape index (κ3) is 2.11. The zero-order chi connectivity index (χ0) is 11.0. The molecule has 0 saturated carbocycles. The van der Waals surface area contributed by atoms with Crippen LogP contribution in [0.4, 0.5) is 0 Å². The Morgan fingerprint density at radius 1 is 1.47 bits per heavy atom. The summed E-state index contributed by atoms with van der Waals surface area (Å²) < 4.78 is 5.68. The number of halogens is 1. The maximum atomic E-state index is 6.05. The van der Waals surface area contributed by atoms with Crippen LogP contribution in [0.5, 0.6) is 5.75 Å². The molecular formula is C12H16ClNO. The number of aryl methyl sites for hydroxylation is 1. The summed E-state index contributed by atoms with van der Waals surface area (Å²) in [4.78, 5) is 0. The Morgan fingerprint density at radius 3 is 2.87 bits per heavy atom. The molecule has 0 aliphatic carbocycles. The summed E-state index contributed by atoms with van der Waals surface area (Å²) in [6, 6.07) is 4.66. The van der Waals surface area contributed by atoms with Crippen molar-refractivity contribution in [1.82, 2.24) is 5.32 Å². The summed E-state index contributed by atoms with van der Waals surface area (Å²) >= 11 is 6.05. The Bertz CT molecular complexity index is 376. The molecule has 0 fully saturated rings. The smallest absolute Gasteiger partial charge is 0.127 e. The second kappa shape index (κ2) is 4.03. The van der Waals surface area contributed by atoms with E-state index in [0.717, 1.165) is 16.3 Å². The molecule has 0 saturated heterocycles. The number of rotatable bonds is 2. The molecule has 1 aromatic rings. The van der Waals surface area contributed by atoms with Crippen molar-refractivity contribution in [3.8, 4) is 5.75 Å². The van der Waals surface area contributed by atoms with Gasteiger partial charge in [-0.05, 0) is 24.6 Å². The minimum atomic E-state index is 0.275. The molecule has 2 nitrogen and oxygen atoms in total. The van der Waals surface area contributed by atoms with E-state index in [1.807, 2.05) is 19.1 Å². The van der Waals surface area contributed by atoms with Crippen LogP contribution < -0.4 is 10.1 Å². The second-order valence-corrected chi connectivity index (χ2v) is 4.76. The summed E-state index contributed by atoms with van der Waals surface area (Å²) in [6.45, 7) is 7.00. The molecule has 0 bridgehead atoms. The van der Waals surface area contributed by atoms with Crippen LogP contribution in [-0.2, 0) is 0 Å². The molecule has 1 N–H and O–H groups in total. The topological polar surface area (TPSA) is 21.3 Å². The fraction of sp³-hybridized carbons (Fsp3) is 0.500. The molecule has 0 radical (unpaired) electrons. The normalized spacial score (nSPS) is 19.1. The van der Waals surface area contributed by atoms with Crippen LogP contribution in [-0.4, -0.2) is 12.6 Å². The first-order valence-corrected chi connectivity index (χ1v) is 5.64. The van der Waals surface area contributed by atoms with Gasteiger partial charge in [0.1, 0.15) is 12.4 Å². The van der Waals surface area contributed by atoms with Gasteiger partial charge in [0.15, 0.2) is 0 Å². The van der Waals surface area contributed by atoms with Crippen LogP contribution in [0.25, 0.3) is 0 Å². The quantitative estimate of drug-likeness (QED) is 0.835. The molecule has 82 valence electrons. The SMILES string of the molecule is Cc1cc(Cl)cc2c1OCC2NC(C)C. The van der Waals surface area contributed by atoms with E-state index in [1.165, 1.54) is 5.56 Å². The van der Waals surface area contributed by atoms with Gasteiger partial charge in [0.2, 0.25) is 0 Å². The van der Waals surface area contributed by atoms with Crippen molar-refractivity contribution < 1.29 is 4.74 Å². The highest BCUT2D eigenvalue weighted by molar-refractivity contribution is 6.30. The van der Waals surface area contributed by atoms with Crippen LogP contribution in [0.15, 0.2) is 12.1 Å². The highest BCUT2D eigenvalue weighted by Gasteiger charge is 2.26. The van der Waals surface area contributed by atoms with E-state index in [-0.39, 0.29) is 6.04 Å². The van der Waals surface area contributed by atoms with E-state index < -0.39 is 0 Å². The van der Waals surface area contributed by atoms with Gasteiger partial charge in [-0.15, -0.1) is 0 Å². The highest BCUT2D eigenvalue weighted by Crippen LogP contribution is 2.37. The zero-order valence-electron chi connectivity index (χ0n) is 9.30. The zero-order valence-corrected chi connectivity index (χ0v) is 10.1. The molecule has 1 aliphatic rings. The van der Waals surface area contributed by atoms with E-state index in [4.69, 9.17) is 16.3 Å². The summed E-state index contributed by atoms with van der Waals surface area (Å²) in [7, 11) is 0. The summed E-state index contributed by atoms with van der Waals surface area (Å²) in [5, 5.41) is 4.25. The van der Waals surface area contributed by atoms with Gasteiger partial charge in [-0.3, -0.25) is 0 Å². The van der Waals surface area contributed by atoms with Gasteiger partial charge in [0.05, 0.1) is 6.04 Å². The van der Waals surface area contributed by atoms with E-state index >= 15 is 0 Å². The van der Waals surface area contributed by atoms with Crippen molar-refractivity contribution in [2.75, 3.05) is 6.61 Å². The Morgan fingerprint density at radius 2 is 2.20 bits per heavy atom. The number of benzene rings is 1. The maximum Gasteiger partial charge on any atom is 0.127 e. The van der Waals surface area contributed by atoms with Crippen LogP contribution in [0.1, 0.15) is 31.0 Å². The van der Waals surface area contributed by atoms with Gasteiger partial charge in [-0.2, -0.15) is 0 Å². The highest BCUT2D eigenvalue weighted by atomic mass is 35.5. The van der Waals surface area contributed by atoms with Crippen LogP contribution >= 0.6 is 11.6 Å². The van der Waals surface area contributed by atoms with Crippen molar-refractivity contribution in [2.24, 2.45) is 0 Å². The molecule has 2 rings (SSSR count). The standard InChI is InChI=1S/C12H16ClNO/c1-7(2)14-11-6-15-12-8(3)4-9(13)5-10(11)12/h4-5,7,11,14H,6H2,1-3H3. The Balaban J connectivity index is 2.33. The van der Waals surface area contributed by atoms with E-state index in [9.17, 15) is 0 Å². The minimum Gasteiger partial charge on any atom is -0.491 e. The molecule has 1 atom stereocenters. The average Bonchev–Trinajstić information content (AvgIpc) is 2.48. The fourth-order valence-corrected chi connectivity index (χ4v) is 2.29. The summed E-state index contributed by atoms with van der Waals surface area (Å²) in [5.74, 6) is 0.998. The summed E-state index contributed by atoms with van der Waals surface area (Å²) in [6.07, 6.45) is 0. The van der Waals surface area contributed by atoms with Crippen molar-refractivity contribution in [1.29, 1.82) is 0 Å². The van der Waals surface area contributed by atoms with Crippen LogP contribution in [0, 0.1) is 6.92 Å². The van der Waals surface area contributed by atoms with E-state index in [1.54, 1.807) is 0 Å². The van der Waals surface area contributed by atoms with Gasteiger partial charge >= 0.3 is 0 Å². The molecule has 1 heterocycles. The number of nitrogens with one attached hydrogen (secondary N) is 1. The first kappa shape index (κ1) is 10.8. The lowest BCUT2D eigenvalue weighted by Crippen LogP contribution is -2.28. The second-order valence-electron chi connectivity index (χ2n) is 4.33. The van der Waals surface area contributed by atoms with Gasteiger partial charge < -0.3 is 10.1 Å². The molecular weight excluding hydrogens is 210 g/mol. The number of hydrogen-bond acceptors (Lipinski definition) is 2. The van der Waals surface area contributed by atoms with E-state index in [2.05, 4.69) is 19.2 Å². The predicted molar refractivity (Wildman–Crippen MR) is 62.7 cm³/mol. The van der Waals surface area contributed by atoms with Crippen molar-refractivity contribution in [3.05, 3.63) is 28.3 Å². The van der Waals surface area contributed by atoms with Crippen molar-refractivity contribution in [3.63, 3.8) is 0 Å². The third-order valence-corrected chi connectivity index (χ3v) is 2.79. The Hall–Kier alpha value is -0.730. The summed E-state index contributed by atoms with van der Waals surface area (Å²) in [5.41, 5.74) is 2.30. The molecule has 1 aromatic carbocycles. The molecule has 0 amide bonds. The largest absolute Gasteiger partial charge is 0.491 e. The van der Waals surface area contributed by atoms with Crippen molar-refractivity contribution in [2.45, 2.75) is 32.9 Å². The monoisotopic (exact) mass is 225 g/mol. The van der Waals surface area contributed by atoms with Gasteiger partial charge in [0.25, 0.3) is 0 Å². The molecule has 1 aliphatic heterocycles. The average molecular weight is 226 g/mol.